The molecule has 0 amide bonds. The van der Waals surface area contributed by atoms with Gasteiger partial charge in [-0.2, -0.15) is 0 Å². The highest BCUT2D eigenvalue weighted by atomic mass is 16.5. The van der Waals surface area contributed by atoms with Crippen molar-refractivity contribution in [3.63, 3.8) is 0 Å². The highest BCUT2D eigenvalue weighted by Crippen LogP contribution is 2.27. The molecule has 0 fully saturated rings. The first-order valence-electron chi connectivity index (χ1n) is 6.17. The lowest BCUT2D eigenvalue weighted by Gasteiger charge is -2.08. The van der Waals surface area contributed by atoms with Crippen LogP contribution in [0.5, 0.6) is 5.75 Å². The number of benzene rings is 1. The van der Waals surface area contributed by atoms with Crippen molar-refractivity contribution in [1.82, 2.24) is 10.2 Å². The molecule has 19 heavy (non-hydrogen) atoms. The van der Waals surface area contributed by atoms with Crippen LogP contribution in [0, 0.1) is 0 Å². The van der Waals surface area contributed by atoms with E-state index in [1.807, 2.05) is 36.4 Å². The Hall–Kier alpha value is -2.14. The zero-order valence-electron chi connectivity index (χ0n) is 10.8. The third-order valence-corrected chi connectivity index (χ3v) is 2.69. The molecule has 0 radical (unpaired) electrons. The molecule has 5 heteroatoms. The highest BCUT2D eigenvalue weighted by molar-refractivity contribution is 5.67. The summed E-state index contributed by atoms with van der Waals surface area (Å²) >= 11 is 0. The normalized spacial score (nSPS) is 10.2. The Morgan fingerprint density at radius 3 is 2.68 bits per heavy atom. The summed E-state index contributed by atoms with van der Waals surface area (Å²) in [6.07, 6.45) is 0.690. The summed E-state index contributed by atoms with van der Waals surface area (Å²) < 4.78 is 5.30. The molecule has 0 unspecified atom stereocenters. The molecule has 0 aliphatic carbocycles. The molecular formula is C14H17N3O2. The van der Waals surface area contributed by atoms with Gasteiger partial charge in [0.15, 0.2) is 0 Å². The molecule has 1 aromatic heterocycles. The van der Waals surface area contributed by atoms with Gasteiger partial charge < -0.3 is 15.2 Å². The lowest BCUT2D eigenvalue weighted by molar-refractivity contribution is 0.292. The second kappa shape index (κ2) is 6.70. The summed E-state index contributed by atoms with van der Waals surface area (Å²) in [5, 5.41) is 20.1. The van der Waals surface area contributed by atoms with E-state index in [1.54, 1.807) is 7.11 Å². The quantitative estimate of drug-likeness (QED) is 0.776. The molecule has 0 saturated heterocycles. The number of nitrogens with zero attached hydrogens (tertiary/aromatic N) is 2. The zero-order valence-corrected chi connectivity index (χ0v) is 10.8. The Morgan fingerprint density at radius 2 is 2.00 bits per heavy atom. The van der Waals surface area contributed by atoms with E-state index >= 15 is 0 Å². The van der Waals surface area contributed by atoms with Crippen LogP contribution in [0.25, 0.3) is 11.3 Å². The lowest BCUT2D eigenvalue weighted by atomic mass is 10.1. The molecule has 100 valence electrons. The Kier molecular flexibility index (Phi) is 4.69. The van der Waals surface area contributed by atoms with E-state index in [0.29, 0.717) is 18.8 Å². The molecule has 0 bridgehead atoms. The van der Waals surface area contributed by atoms with E-state index in [9.17, 15) is 0 Å². The number of methoxy groups -OCH3 is 1. The van der Waals surface area contributed by atoms with Crippen LogP contribution in [0.2, 0.25) is 0 Å². The maximum Gasteiger partial charge on any atom is 0.148 e. The SMILES string of the molecule is COc1ccccc1-c1ccc(NCCCO)nn1. The molecule has 0 atom stereocenters. The average Bonchev–Trinajstić information content (AvgIpc) is 2.48. The average molecular weight is 259 g/mol. The summed E-state index contributed by atoms with van der Waals surface area (Å²) in [6, 6.07) is 11.5. The number of hydrogen-bond acceptors (Lipinski definition) is 5. The summed E-state index contributed by atoms with van der Waals surface area (Å²) in [7, 11) is 1.64. The lowest BCUT2D eigenvalue weighted by Crippen LogP contribution is -2.05. The largest absolute Gasteiger partial charge is 0.496 e. The van der Waals surface area contributed by atoms with Gasteiger partial charge in [-0.1, -0.05) is 12.1 Å². The van der Waals surface area contributed by atoms with Gasteiger partial charge in [-0.3, -0.25) is 0 Å². The van der Waals surface area contributed by atoms with Crippen LogP contribution >= 0.6 is 0 Å². The molecule has 0 saturated carbocycles. The van der Waals surface area contributed by atoms with Gasteiger partial charge in [0.2, 0.25) is 0 Å². The van der Waals surface area contributed by atoms with Gasteiger partial charge in [0, 0.05) is 18.7 Å². The summed E-state index contributed by atoms with van der Waals surface area (Å²) in [6.45, 7) is 0.846. The van der Waals surface area contributed by atoms with E-state index in [4.69, 9.17) is 9.84 Å². The van der Waals surface area contributed by atoms with Crippen molar-refractivity contribution in [2.45, 2.75) is 6.42 Å². The van der Waals surface area contributed by atoms with Crippen molar-refractivity contribution < 1.29 is 9.84 Å². The van der Waals surface area contributed by atoms with Gasteiger partial charge >= 0.3 is 0 Å². The third-order valence-electron chi connectivity index (χ3n) is 2.69. The number of aliphatic hydroxyl groups excluding tert-OH is 1. The number of ether oxygens (including phenoxy) is 1. The molecule has 5 nitrogen and oxygen atoms in total. The standard InChI is InChI=1S/C14H17N3O2/c1-19-13-6-3-2-5-11(13)12-7-8-14(17-16-12)15-9-4-10-18/h2-3,5-8,18H,4,9-10H2,1H3,(H,15,17). The highest BCUT2D eigenvalue weighted by Gasteiger charge is 2.06. The molecule has 1 heterocycles. The first-order valence-corrected chi connectivity index (χ1v) is 6.17. The van der Waals surface area contributed by atoms with Crippen molar-refractivity contribution in [2.24, 2.45) is 0 Å². The number of aliphatic hydroxyl groups is 1. The van der Waals surface area contributed by atoms with Gasteiger partial charge in [-0.05, 0) is 30.7 Å². The van der Waals surface area contributed by atoms with Crippen LogP contribution in [0.4, 0.5) is 5.82 Å². The summed E-state index contributed by atoms with van der Waals surface area (Å²) in [5.41, 5.74) is 1.68. The molecule has 2 aromatic rings. The third kappa shape index (κ3) is 3.42. The maximum absolute atomic E-state index is 8.70. The second-order valence-electron chi connectivity index (χ2n) is 4.01. The molecule has 2 N–H and O–H groups in total. The van der Waals surface area contributed by atoms with Crippen molar-refractivity contribution in [2.75, 3.05) is 25.6 Å². The maximum atomic E-state index is 8.70. The molecule has 1 aromatic carbocycles. The number of para-hydroxylation sites is 1. The van der Waals surface area contributed by atoms with Crippen LogP contribution in [0.15, 0.2) is 36.4 Å². The predicted molar refractivity (Wildman–Crippen MR) is 74.2 cm³/mol. The van der Waals surface area contributed by atoms with Crippen LogP contribution in [-0.4, -0.2) is 35.6 Å². The minimum atomic E-state index is 0.166. The second-order valence-corrected chi connectivity index (χ2v) is 4.01. The Bertz CT molecular complexity index is 514. The van der Waals surface area contributed by atoms with Crippen molar-refractivity contribution >= 4 is 5.82 Å². The number of nitrogens with one attached hydrogen (secondary N) is 1. The molecular weight excluding hydrogens is 242 g/mol. The van der Waals surface area contributed by atoms with E-state index in [1.165, 1.54) is 0 Å². The molecule has 0 aliphatic heterocycles. The number of rotatable bonds is 6. The van der Waals surface area contributed by atoms with Gasteiger partial charge in [0.1, 0.15) is 11.6 Å². The van der Waals surface area contributed by atoms with E-state index in [0.717, 1.165) is 17.0 Å². The van der Waals surface area contributed by atoms with Crippen molar-refractivity contribution in [3.05, 3.63) is 36.4 Å². The molecule has 0 spiro atoms. The minimum absolute atomic E-state index is 0.166. The van der Waals surface area contributed by atoms with Gasteiger partial charge in [0.25, 0.3) is 0 Å². The molecule has 2 rings (SSSR count). The smallest absolute Gasteiger partial charge is 0.148 e. The predicted octanol–water partition coefficient (Wildman–Crippen LogP) is 1.95. The van der Waals surface area contributed by atoms with Crippen molar-refractivity contribution in [3.8, 4) is 17.0 Å². The van der Waals surface area contributed by atoms with Crippen molar-refractivity contribution in [1.29, 1.82) is 0 Å². The van der Waals surface area contributed by atoms with E-state index in [-0.39, 0.29) is 6.61 Å². The fourth-order valence-corrected chi connectivity index (χ4v) is 1.72. The Balaban J connectivity index is 2.13. The van der Waals surface area contributed by atoms with Crippen LogP contribution < -0.4 is 10.1 Å². The minimum Gasteiger partial charge on any atom is -0.496 e. The zero-order chi connectivity index (χ0) is 13.5. The number of anilines is 1. The van der Waals surface area contributed by atoms with Crippen LogP contribution in [0.3, 0.4) is 0 Å². The fourth-order valence-electron chi connectivity index (χ4n) is 1.72. The van der Waals surface area contributed by atoms with Crippen LogP contribution in [-0.2, 0) is 0 Å². The number of aromatic nitrogens is 2. The summed E-state index contributed by atoms with van der Waals surface area (Å²) in [5.74, 6) is 1.48. The summed E-state index contributed by atoms with van der Waals surface area (Å²) in [4.78, 5) is 0. The van der Waals surface area contributed by atoms with Gasteiger partial charge in [-0.15, -0.1) is 10.2 Å². The van der Waals surface area contributed by atoms with E-state index < -0.39 is 0 Å². The first-order chi connectivity index (χ1) is 9.35. The monoisotopic (exact) mass is 259 g/mol. The van der Waals surface area contributed by atoms with Crippen LogP contribution in [0.1, 0.15) is 6.42 Å². The van der Waals surface area contributed by atoms with Gasteiger partial charge in [-0.25, -0.2) is 0 Å². The Morgan fingerprint density at radius 1 is 1.16 bits per heavy atom. The first kappa shape index (κ1) is 13.3. The van der Waals surface area contributed by atoms with E-state index in [2.05, 4.69) is 15.5 Å². The van der Waals surface area contributed by atoms with Gasteiger partial charge in [0.05, 0.1) is 12.8 Å². The molecule has 0 aliphatic rings. The topological polar surface area (TPSA) is 67.3 Å². The fraction of sp³-hybridized carbons (Fsp3) is 0.286. The number of hydrogen-bond donors (Lipinski definition) is 2. The Labute approximate surface area is 112 Å².